The maximum absolute atomic E-state index is 16.5. The fourth-order valence-electron chi connectivity index (χ4n) is 10.6. The molecule has 9 aromatic carbocycles. The van der Waals surface area contributed by atoms with Gasteiger partial charge in [0.25, 0.3) is 0 Å². The molecule has 0 fully saturated rings. The van der Waals surface area contributed by atoms with E-state index in [-0.39, 0.29) is 16.7 Å². The van der Waals surface area contributed by atoms with E-state index in [2.05, 4.69) is 41.0 Å². The molecule has 12 aromatic rings. The quantitative estimate of drug-likeness (QED) is 0.121. The zero-order valence-electron chi connectivity index (χ0n) is 39.4. The molecular weight excluding hydrogens is 981 g/mol. The molecule has 3 aromatic heterocycles. The molecule has 0 N–H and O–H groups in total. The number of hydrogen-bond donors (Lipinski definition) is 0. The second kappa shape index (κ2) is 16.5. The van der Waals surface area contributed by atoms with E-state index in [1.54, 1.807) is 53.1 Å². The number of nitrogens with zero attached hydrogens (tertiary/aromatic N) is 3. The van der Waals surface area contributed by atoms with Crippen LogP contribution in [0.1, 0.15) is 33.4 Å². The summed E-state index contributed by atoms with van der Waals surface area (Å²) in [4.78, 5) is 0. The Bertz CT molecular complexity index is 4180. The van der Waals surface area contributed by atoms with Gasteiger partial charge in [-0.15, -0.1) is 0 Å². The van der Waals surface area contributed by atoms with Crippen LogP contribution in [-0.4, -0.2) is 13.7 Å². The van der Waals surface area contributed by atoms with Gasteiger partial charge < -0.3 is 18.3 Å². The highest BCUT2D eigenvalue weighted by Crippen LogP contribution is 2.46. The molecule has 12 rings (SSSR count). The van der Waals surface area contributed by atoms with Gasteiger partial charge in [0.1, 0.15) is 0 Å². The molecule has 0 bridgehead atoms. The van der Waals surface area contributed by atoms with Gasteiger partial charge in [0.15, 0.2) is 7.14 Å². The van der Waals surface area contributed by atoms with Crippen molar-refractivity contribution in [2.24, 2.45) is 0 Å². The summed E-state index contributed by atoms with van der Waals surface area (Å²) in [6.45, 7) is 5.93. The molecule has 0 radical (unpaired) electrons. The Hall–Kier alpha value is -8.02. The highest BCUT2D eigenvalue weighted by atomic mass is 31.2. The minimum absolute atomic E-state index is 0.0225. The van der Waals surface area contributed by atoms with E-state index in [4.69, 9.17) is 0 Å². The van der Waals surface area contributed by atoms with Crippen LogP contribution in [0.15, 0.2) is 182 Å². The molecule has 0 saturated heterocycles. The van der Waals surface area contributed by atoms with Crippen LogP contribution in [0.25, 0.3) is 82.5 Å². The second-order valence-corrected chi connectivity index (χ2v) is 21.7. The molecule has 74 heavy (non-hydrogen) atoms. The number of hydrogen-bond acceptors (Lipinski definition) is 1. The van der Waals surface area contributed by atoms with E-state index < -0.39 is 42.4 Å². The third kappa shape index (κ3) is 7.50. The van der Waals surface area contributed by atoms with Crippen LogP contribution < -0.4 is 15.9 Å². The molecule has 368 valence electrons. The third-order valence-corrected chi connectivity index (χ3v) is 17.2. The number of benzene rings is 9. The fraction of sp³-hybridized carbons (Fsp3) is 0.100. The molecule has 0 saturated carbocycles. The Labute approximate surface area is 416 Å². The summed E-state index contributed by atoms with van der Waals surface area (Å²) >= 11 is 0. The molecular formula is C60H39F9N3OP. The van der Waals surface area contributed by atoms with Gasteiger partial charge in [-0.3, -0.25) is 0 Å². The Morgan fingerprint density at radius 3 is 0.743 bits per heavy atom. The van der Waals surface area contributed by atoms with Crippen LogP contribution in [0.4, 0.5) is 39.5 Å². The lowest BCUT2D eigenvalue weighted by molar-refractivity contribution is -0.138. The monoisotopic (exact) mass is 1020 g/mol. The van der Waals surface area contributed by atoms with Crippen molar-refractivity contribution in [1.29, 1.82) is 0 Å². The lowest BCUT2D eigenvalue weighted by Crippen LogP contribution is -2.25. The van der Waals surface area contributed by atoms with Crippen molar-refractivity contribution in [2.45, 2.75) is 39.3 Å². The summed E-state index contributed by atoms with van der Waals surface area (Å²) < 4.78 is 149. The number of fused-ring (bicyclic) bond motifs is 9. The van der Waals surface area contributed by atoms with Crippen LogP contribution in [0.3, 0.4) is 0 Å². The number of rotatable bonds is 6. The van der Waals surface area contributed by atoms with Crippen LogP contribution in [0.5, 0.6) is 0 Å². The maximum atomic E-state index is 16.5. The van der Waals surface area contributed by atoms with Crippen molar-refractivity contribution >= 4 is 88.5 Å². The fourth-order valence-corrected chi connectivity index (χ4v) is 13.2. The van der Waals surface area contributed by atoms with Gasteiger partial charge in [-0.1, -0.05) is 54.6 Å². The minimum Gasteiger partial charge on any atom is -0.309 e. The van der Waals surface area contributed by atoms with Crippen molar-refractivity contribution in [2.75, 3.05) is 0 Å². The average Bonchev–Trinajstić information content (AvgIpc) is 3.99. The molecule has 14 heteroatoms. The number of aryl methyl sites for hydroxylation is 3. The molecule has 0 aliphatic rings. The Morgan fingerprint density at radius 1 is 0.297 bits per heavy atom. The molecule has 1 atom stereocenters. The van der Waals surface area contributed by atoms with Gasteiger partial charge >= 0.3 is 18.5 Å². The number of aromatic nitrogens is 3. The summed E-state index contributed by atoms with van der Waals surface area (Å²) in [5.41, 5.74) is 4.76. The molecule has 0 aliphatic heterocycles. The van der Waals surface area contributed by atoms with Gasteiger partial charge in [0.2, 0.25) is 0 Å². The highest BCUT2D eigenvalue weighted by molar-refractivity contribution is 7.85. The van der Waals surface area contributed by atoms with E-state index in [1.165, 1.54) is 34.9 Å². The number of alkyl halides is 9. The molecule has 0 aliphatic carbocycles. The smallest absolute Gasteiger partial charge is 0.309 e. The largest absolute Gasteiger partial charge is 0.416 e. The number of halogens is 9. The van der Waals surface area contributed by atoms with Gasteiger partial charge in [0, 0.05) is 65.3 Å². The molecule has 0 amide bonds. The SMILES string of the molecule is Cc1ccc2c3ccc(C)cc3n(-c3ccc(P(=O)(c4ccc(-n5c6cc(C)ccc6c6ccc(C(F)(F)F)cc65)cc4)c4ccc(-n5c6cc(C(F)(F)F)ccc6c6ccc(C(F)(F)F)cc65)cc4)cc3)c2c1. The van der Waals surface area contributed by atoms with Crippen LogP contribution in [0, 0.1) is 20.8 Å². The van der Waals surface area contributed by atoms with E-state index in [0.717, 1.165) is 86.0 Å². The Balaban J connectivity index is 1.05. The van der Waals surface area contributed by atoms with Crippen molar-refractivity contribution in [3.8, 4) is 17.1 Å². The lowest BCUT2D eigenvalue weighted by atomic mass is 10.1. The standard InChI is InChI=1S/C60H39F9N3OP/c1-34-4-22-46-47-23-5-35(2)29-53(47)70(52(46)28-34)40-10-16-43(17-11-40)74(73,44-18-12-41(13-19-44)71-54-30-36(3)6-24-48(54)49-25-7-37(31-55(49)71)58(61,62)63)45-20-14-42(15-21-45)72-56-32-38(59(64,65)66)8-26-50(56)51-27-9-39(33-57(51)72)60(67,68)69/h4-33H,1-3H3. The first kappa shape index (κ1) is 47.0. The van der Waals surface area contributed by atoms with E-state index >= 15 is 4.57 Å². The first-order chi connectivity index (χ1) is 35.2. The molecule has 4 nitrogen and oxygen atoms in total. The van der Waals surface area contributed by atoms with Gasteiger partial charge in [0.05, 0.1) is 49.8 Å². The topological polar surface area (TPSA) is 31.9 Å². The molecule has 1 unspecified atom stereocenters. The van der Waals surface area contributed by atoms with Gasteiger partial charge in [-0.25, -0.2) is 0 Å². The van der Waals surface area contributed by atoms with E-state index in [9.17, 15) is 39.5 Å². The Morgan fingerprint density at radius 2 is 0.514 bits per heavy atom. The van der Waals surface area contributed by atoms with Gasteiger partial charge in [-0.2, -0.15) is 39.5 Å². The zero-order chi connectivity index (χ0) is 51.8. The highest BCUT2D eigenvalue weighted by Gasteiger charge is 2.35. The lowest BCUT2D eigenvalue weighted by Gasteiger charge is -2.22. The predicted molar refractivity (Wildman–Crippen MR) is 278 cm³/mol. The van der Waals surface area contributed by atoms with Crippen LogP contribution >= 0.6 is 7.14 Å². The Kier molecular flexibility index (Phi) is 10.5. The second-order valence-electron chi connectivity index (χ2n) is 18.9. The van der Waals surface area contributed by atoms with E-state index in [0.29, 0.717) is 48.8 Å². The first-order valence-electron chi connectivity index (χ1n) is 23.5. The van der Waals surface area contributed by atoms with E-state index in [1.807, 2.05) is 51.1 Å². The molecule has 0 spiro atoms. The summed E-state index contributed by atoms with van der Waals surface area (Å²) in [6, 6.07) is 48.3. The van der Waals surface area contributed by atoms with Crippen LogP contribution in [0.2, 0.25) is 0 Å². The predicted octanol–water partition coefficient (Wildman–Crippen LogP) is 16.6. The summed E-state index contributed by atoms with van der Waals surface area (Å²) in [5.74, 6) is 0. The summed E-state index contributed by atoms with van der Waals surface area (Å²) in [5, 5.41) is 5.16. The third-order valence-electron chi connectivity index (χ3n) is 14.2. The van der Waals surface area contributed by atoms with Gasteiger partial charge in [-0.05, 0) is 165 Å². The van der Waals surface area contributed by atoms with Crippen molar-refractivity contribution in [3.63, 3.8) is 0 Å². The average molecular weight is 1020 g/mol. The summed E-state index contributed by atoms with van der Waals surface area (Å²) in [6.07, 6.45) is -14.1. The van der Waals surface area contributed by atoms with Crippen molar-refractivity contribution in [3.05, 3.63) is 215 Å². The van der Waals surface area contributed by atoms with Crippen molar-refractivity contribution < 1.29 is 44.1 Å². The minimum atomic E-state index is -4.75. The zero-order valence-corrected chi connectivity index (χ0v) is 40.3. The van der Waals surface area contributed by atoms with Crippen molar-refractivity contribution in [1.82, 2.24) is 13.7 Å². The first-order valence-corrected chi connectivity index (χ1v) is 25.2. The van der Waals surface area contributed by atoms with Crippen LogP contribution in [-0.2, 0) is 23.1 Å². The molecule has 3 heterocycles. The summed E-state index contributed by atoms with van der Waals surface area (Å²) in [7, 11) is -3.94. The normalized spacial score (nSPS) is 13.6. The maximum Gasteiger partial charge on any atom is 0.416 e.